The molecule has 1 heterocycles. The van der Waals surface area contributed by atoms with Gasteiger partial charge in [-0.15, -0.1) is 0 Å². The summed E-state index contributed by atoms with van der Waals surface area (Å²) in [5, 5.41) is 6.68. The molecule has 0 bridgehead atoms. The Morgan fingerprint density at radius 1 is 1.53 bits per heavy atom. The maximum atomic E-state index is 11.4. The van der Waals surface area contributed by atoms with Crippen molar-refractivity contribution in [2.45, 2.75) is 26.7 Å². The second-order valence-corrected chi connectivity index (χ2v) is 5.34. The topological polar surface area (TPSA) is 113 Å². The van der Waals surface area contributed by atoms with Crippen LogP contribution in [0.3, 0.4) is 0 Å². The molecule has 0 aliphatic heterocycles. The molecule has 1 aromatic rings. The zero-order valence-electron chi connectivity index (χ0n) is 10.9. The molecule has 0 saturated carbocycles. The van der Waals surface area contributed by atoms with E-state index in [-0.39, 0.29) is 13.2 Å². The van der Waals surface area contributed by atoms with Crippen LogP contribution in [-0.4, -0.2) is 37.9 Å². The maximum Gasteiger partial charge on any atom is 0.421 e. The third kappa shape index (κ3) is 5.71. The zero-order valence-corrected chi connectivity index (χ0v) is 11.7. The van der Waals surface area contributed by atoms with E-state index in [0.717, 1.165) is 11.3 Å². The Labute approximate surface area is 112 Å². The lowest BCUT2D eigenvalue weighted by atomic mass is 10.1. The Balaban J connectivity index is 2.28. The highest BCUT2D eigenvalue weighted by molar-refractivity contribution is 7.88. The van der Waals surface area contributed by atoms with E-state index in [2.05, 4.69) is 19.7 Å². The smallest absolute Gasteiger partial charge is 0.421 e. The molecular weight excluding hydrogens is 272 g/mol. The van der Waals surface area contributed by atoms with Crippen molar-refractivity contribution >= 4 is 16.3 Å². The van der Waals surface area contributed by atoms with Crippen LogP contribution in [0.1, 0.15) is 24.6 Å². The second kappa shape index (κ2) is 7.10. The molecule has 8 nitrogen and oxygen atoms in total. The van der Waals surface area contributed by atoms with Gasteiger partial charge >= 0.3 is 16.3 Å². The van der Waals surface area contributed by atoms with E-state index >= 15 is 0 Å². The lowest BCUT2D eigenvalue weighted by Gasteiger charge is -2.07. The van der Waals surface area contributed by atoms with Crippen molar-refractivity contribution in [2.75, 3.05) is 13.2 Å². The van der Waals surface area contributed by atoms with Crippen molar-refractivity contribution in [3.63, 3.8) is 0 Å². The molecular formula is C10H18N4O4S. The first-order valence-corrected chi connectivity index (χ1v) is 7.36. The van der Waals surface area contributed by atoms with Crippen LogP contribution in [0.5, 0.6) is 0 Å². The van der Waals surface area contributed by atoms with E-state index in [4.69, 9.17) is 0 Å². The first-order chi connectivity index (χ1) is 8.94. The summed E-state index contributed by atoms with van der Waals surface area (Å²) in [6.07, 6.45) is 2.02. The monoisotopic (exact) mass is 290 g/mol. The van der Waals surface area contributed by atoms with Crippen LogP contribution >= 0.6 is 0 Å². The van der Waals surface area contributed by atoms with Gasteiger partial charge in [-0.1, -0.05) is 0 Å². The number of ether oxygens (including phenoxy) is 1. The van der Waals surface area contributed by atoms with Crippen LogP contribution in [0.25, 0.3) is 0 Å². The lowest BCUT2D eigenvalue weighted by molar-refractivity contribution is 0.158. The Bertz CT molecular complexity index is 511. The van der Waals surface area contributed by atoms with Gasteiger partial charge in [0, 0.05) is 12.2 Å². The van der Waals surface area contributed by atoms with Gasteiger partial charge in [0.05, 0.1) is 12.8 Å². The van der Waals surface area contributed by atoms with Gasteiger partial charge < -0.3 is 4.74 Å². The third-order valence-corrected chi connectivity index (χ3v) is 3.36. The number of aryl methyl sites for hydroxylation is 2. The normalized spacial score (nSPS) is 11.3. The Hall–Kier alpha value is -1.61. The number of amides is 1. The Morgan fingerprint density at radius 2 is 2.26 bits per heavy atom. The Morgan fingerprint density at radius 3 is 2.84 bits per heavy atom. The van der Waals surface area contributed by atoms with E-state index in [0.29, 0.717) is 12.8 Å². The van der Waals surface area contributed by atoms with Crippen molar-refractivity contribution in [1.82, 2.24) is 19.6 Å². The van der Waals surface area contributed by atoms with Crippen LogP contribution < -0.4 is 9.44 Å². The number of nitrogens with one attached hydrogen (secondary N) is 3. The molecule has 0 saturated heterocycles. The fourth-order valence-electron chi connectivity index (χ4n) is 1.42. The number of hydrogen-bond acceptors (Lipinski definition) is 5. The molecule has 19 heavy (non-hydrogen) atoms. The minimum atomic E-state index is -3.85. The summed E-state index contributed by atoms with van der Waals surface area (Å²) in [6.45, 7) is 3.82. The van der Waals surface area contributed by atoms with Crippen LogP contribution in [0, 0.1) is 6.92 Å². The minimum absolute atomic E-state index is 0.112. The average Bonchev–Trinajstić information content (AvgIpc) is 2.70. The number of aromatic amines is 1. The molecule has 0 radical (unpaired) electrons. The van der Waals surface area contributed by atoms with Gasteiger partial charge in [0.25, 0.3) is 0 Å². The molecule has 0 unspecified atom stereocenters. The van der Waals surface area contributed by atoms with Crippen molar-refractivity contribution in [3.05, 3.63) is 17.5 Å². The standard InChI is InChI=1S/C10H18N4O4S/c1-3-18-10(15)14-19(16,17)12-6-4-5-9-7-11-13-8(9)2/h7,12H,3-6H2,1-2H3,(H,11,13)(H,14,15). The molecule has 0 fully saturated rings. The first kappa shape index (κ1) is 15.4. The van der Waals surface area contributed by atoms with Gasteiger partial charge in [0.2, 0.25) is 0 Å². The minimum Gasteiger partial charge on any atom is -0.449 e. The molecule has 108 valence electrons. The molecule has 0 aliphatic carbocycles. The molecule has 3 N–H and O–H groups in total. The summed E-state index contributed by atoms with van der Waals surface area (Å²) < 4.78 is 31.3. The van der Waals surface area contributed by atoms with Gasteiger partial charge in [-0.3, -0.25) is 5.10 Å². The fraction of sp³-hybridized carbons (Fsp3) is 0.600. The highest BCUT2D eigenvalue weighted by Gasteiger charge is 2.13. The van der Waals surface area contributed by atoms with Gasteiger partial charge in [0.1, 0.15) is 0 Å². The summed E-state index contributed by atoms with van der Waals surface area (Å²) in [5.74, 6) is 0. The molecule has 0 spiro atoms. The highest BCUT2D eigenvalue weighted by atomic mass is 32.2. The molecule has 0 aliphatic rings. The summed E-state index contributed by atoms with van der Waals surface area (Å²) in [5.41, 5.74) is 2.00. The number of hydrogen-bond donors (Lipinski definition) is 3. The number of aromatic nitrogens is 2. The molecule has 0 atom stereocenters. The molecule has 1 aromatic heterocycles. The third-order valence-electron chi connectivity index (χ3n) is 2.34. The number of nitrogens with zero attached hydrogens (tertiary/aromatic N) is 1. The van der Waals surface area contributed by atoms with E-state index in [9.17, 15) is 13.2 Å². The van der Waals surface area contributed by atoms with Crippen molar-refractivity contribution in [3.8, 4) is 0 Å². The van der Waals surface area contributed by atoms with Gasteiger partial charge in [-0.25, -0.2) is 9.52 Å². The van der Waals surface area contributed by atoms with Crippen molar-refractivity contribution < 1.29 is 17.9 Å². The zero-order chi connectivity index (χ0) is 14.3. The number of carbonyl (C=O) groups is 1. The first-order valence-electron chi connectivity index (χ1n) is 5.87. The SMILES string of the molecule is CCOC(=O)NS(=O)(=O)NCCCc1cn[nH]c1C. The number of carbonyl (C=O) groups excluding carboxylic acids is 1. The summed E-state index contributed by atoms with van der Waals surface area (Å²) in [7, 11) is -3.85. The van der Waals surface area contributed by atoms with Crippen molar-refractivity contribution in [1.29, 1.82) is 0 Å². The van der Waals surface area contributed by atoms with E-state index < -0.39 is 16.3 Å². The largest absolute Gasteiger partial charge is 0.449 e. The number of H-pyrrole nitrogens is 1. The Kier molecular flexibility index (Phi) is 5.77. The van der Waals surface area contributed by atoms with Gasteiger partial charge in [0.15, 0.2) is 0 Å². The molecule has 0 aromatic carbocycles. The summed E-state index contributed by atoms with van der Waals surface area (Å²) in [4.78, 5) is 11.0. The molecule has 1 amide bonds. The maximum absolute atomic E-state index is 11.4. The van der Waals surface area contributed by atoms with Crippen molar-refractivity contribution in [2.24, 2.45) is 0 Å². The second-order valence-electron chi connectivity index (χ2n) is 3.84. The van der Waals surface area contributed by atoms with Crippen LogP contribution in [0.2, 0.25) is 0 Å². The van der Waals surface area contributed by atoms with Crippen LogP contribution in [0.4, 0.5) is 4.79 Å². The molecule has 1 rings (SSSR count). The van der Waals surface area contributed by atoms with Crippen LogP contribution in [0.15, 0.2) is 6.20 Å². The van der Waals surface area contributed by atoms with Gasteiger partial charge in [-0.05, 0) is 32.3 Å². The predicted octanol–water partition coefficient (Wildman–Crippen LogP) is 0.231. The van der Waals surface area contributed by atoms with E-state index in [1.165, 1.54) is 0 Å². The average molecular weight is 290 g/mol. The lowest BCUT2D eigenvalue weighted by Crippen LogP contribution is -2.41. The quantitative estimate of drug-likeness (QED) is 0.622. The fourth-order valence-corrected chi connectivity index (χ4v) is 2.18. The summed E-state index contributed by atoms with van der Waals surface area (Å²) >= 11 is 0. The molecule has 9 heteroatoms. The van der Waals surface area contributed by atoms with Gasteiger partial charge in [-0.2, -0.15) is 18.2 Å². The number of rotatable bonds is 7. The van der Waals surface area contributed by atoms with Crippen LogP contribution in [-0.2, 0) is 21.4 Å². The predicted molar refractivity (Wildman–Crippen MR) is 68.7 cm³/mol. The van der Waals surface area contributed by atoms with E-state index in [1.807, 2.05) is 6.92 Å². The summed E-state index contributed by atoms with van der Waals surface area (Å²) in [6, 6.07) is 0. The highest BCUT2D eigenvalue weighted by Crippen LogP contribution is 2.05. The van der Waals surface area contributed by atoms with E-state index in [1.54, 1.807) is 17.8 Å².